The predicted octanol–water partition coefficient (Wildman–Crippen LogP) is 3.22. The van der Waals surface area contributed by atoms with Gasteiger partial charge in [-0.3, -0.25) is 0 Å². The summed E-state index contributed by atoms with van der Waals surface area (Å²) < 4.78 is 0. The number of hydrogen-bond acceptors (Lipinski definition) is 2. The fourth-order valence-electron chi connectivity index (χ4n) is 2.41. The summed E-state index contributed by atoms with van der Waals surface area (Å²) in [5, 5.41) is 4.35. The summed E-state index contributed by atoms with van der Waals surface area (Å²) in [5.41, 5.74) is 2.42. The second-order valence-corrected chi connectivity index (χ2v) is 5.57. The molecule has 1 saturated heterocycles. The monoisotopic (exact) mass is 266 g/mol. The van der Waals surface area contributed by atoms with Gasteiger partial charge in [-0.1, -0.05) is 23.7 Å². The van der Waals surface area contributed by atoms with E-state index < -0.39 is 0 Å². The topological polar surface area (TPSA) is 15.3 Å². The predicted molar refractivity (Wildman–Crippen MR) is 78.2 cm³/mol. The summed E-state index contributed by atoms with van der Waals surface area (Å²) in [7, 11) is 0. The Morgan fingerprint density at radius 3 is 2.78 bits per heavy atom. The number of hydrogen-bond donors (Lipinski definition) is 1. The van der Waals surface area contributed by atoms with E-state index in [4.69, 9.17) is 11.6 Å². The van der Waals surface area contributed by atoms with Crippen molar-refractivity contribution in [3.63, 3.8) is 0 Å². The van der Waals surface area contributed by atoms with E-state index >= 15 is 0 Å². The summed E-state index contributed by atoms with van der Waals surface area (Å²) in [6, 6.07) is 6.29. The first kappa shape index (κ1) is 13.9. The first-order valence-electron chi connectivity index (χ1n) is 6.94. The highest BCUT2D eigenvalue weighted by molar-refractivity contribution is 6.31. The fraction of sp³-hybridized carbons (Fsp3) is 0.600. The van der Waals surface area contributed by atoms with Gasteiger partial charge in [0, 0.05) is 11.6 Å². The fourth-order valence-corrected chi connectivity index (χ4v) is 2.62. The van der Waals surface area contributed by atoms with Crippen LogP contribution in [0.25, 0.3) is 0 Å². The van der Waals surface area contributed by atoms with Gasteiger partial charge in [-0.25, -0.2) is 0 Å². The van der Waals surface area contributed by atoms with Crippen molar-refractivity contribution in [3.8, 4) is 0 Å². The van der Waals surface area contributed by atoms with Crippen LogP contribution in [-0.4, -0.2) is 31.1 Å². The molecule has 1 fully saturated rings. The average Bonchev–Trinajstić information content (AvgIpc) is 2.86. The van der Waals surface area contributed by atoms with Crippen molar-refractivity contribution in [2.45, 2.75) is 32.7 Å². The van der Waals surface area contributed by atoms with Gasteiger partial charge in [0.05, 0.1) is 0 Å². The molecule has 0 saturated carbocycles. The molecule has 1 aromatic rings. The molecule has 3 heteroatoms. The Bertz CT molecular complexity index is 373. The largest absolute Gasteiger partial charge is 0.313 e. The highest BCUT2D eigenvalue weighted by Gasteiger charge is 2.09. The van der Waals surface area contributed by atoms with Gasteiger partial charge < -0.3 is 10.2 Å². The SMILES string of the molecule is Cc1ccc(CNCCCN2CCCC2)cc1Cl. The lowest BCUT2D eigenvalue weighted by atomic mass is 10.1. The molecule has 0 aliphatic carbocycles. The van der Waals surface area contributed by atoms with Crippen molar-refractivity contribution in [3.05, 3.63) is 34.3 Å². The Morgan fingerprint density at radius 1 is 1.28 bits per heavy atom. The summed E-state index contributed by atoms with van der Waals surface area (Å²) in [6.45, 7) is 7.88. The van der Waals surface area contributed by atoms with Gasteiger partial charge in [0.1, 0.15) is 0 Å². The first-order chi connectivity index (χ1) is 8.75. The van der Waals surface area contributed by atoms with Crippen LogP contribution in [0.15, 0.2) is 18.2 Å². The van der Waals surface area contributed by atoms with Crippen molar-refractivity contribution in [1.82, 2.24) is 10.2 Å². The molecule has 0 amide bonds. The van der Waals surface area contributed by atoms with Gasteiger partial charge in [-0.05, 0) is 69.6 Å². The first-order valence-corrected chi connectivity index (χ1v) is 7.31. The zero-order chi connectivity index (χ0) is 12.8. The second kappa shape index (κ2) is 7.13. The molecule has 1 aliphatic rings. The van der Waals surface area contributed by atoms with E-state index in [1.54, 1.807) is 0 Å². The van der Waals surface area contributed by atoms with Crippen molar-refractivity contribution in [2.75, 3.05) is 26.2 Å². The lowest BCUT2D eigenvalue weighted by Gasteiger charge is -2.14. The van der Waals surface area contributed by atoms with Gasteiger partial charge in [0.15, 0.2) is 0 Å². The summed E-state index contributed by atoms with van der Waals surface area (Å²) in [5.74, 6) is 0. The molecule has 1 aromatic carbocycles. The van der Waals surface area contributed by atoms with Gasteiger partial charge in [-0.2, -0.15) is 0 Å². The molecular formula is C15H23ClN2. The van der Waals surface area contributed by atoms with Crippen LogP contribution in [0.3, 0.4) is 0 Å². The van der Waals surface area contributed by atoms with Crippen LogP contribution < -0.4 is 5.32 Å². The molecule has 1 aliphatic heterocycles. The number of likely N-dealkylation sites (tertiary alicyclic amines) is 1. The highest BCUT2D eigenvalue weighted by atomic mass is 35.5. The maximum atomic E-state index is 6.11. The van der Waals surface area contributed by atoms with Crippen LogP contribution >= 0.6 is 11.6 Å². The minimum Gasteiger partial charge on any atom is -0.313 e. The van der Waals surface area contributed by atoms with Crippen LogP contribution in [0.1, 0.15) is 30.4 Å². The molecule has 0 aromatic heterocycles. The number of benzene rings is 1. The molecule has 2 nitrogen and oxygen atoms in total. The lowest BCUT2D eigenvalue weighted by molar-refractivity contribution is 0.331. The average molecular weight is 267 g/mol. The Morgan fingerprint density at radius 2 is 2.06 bits per heavy atom. The molecule has 0 radical (unpaired) electrons. The number of aryl methyl sites for hydroxylation is 1. The van der Waals surface area contributed by atoms with Crippen LogP contribution in [0.4, 0.5) is 0 Å². The molecular weight excluding hydrogens is 244 g/mol. The van der Waals surface area contributed by atoms with Crippen molar-refractivity contribution in [2.24, 2.45) is 0 Å². The smallest absolute Gasteiger partial charge is 0.0438 e. The van der Waals surface area contributed by atoms with Gasteiger partial charge in [0.2, 0.25) is 0 Å². The van der Waals surface area contributed by atoms with Gasteiger partial charge in [-0.15, -0.1) is 0 Å². The Labute approximate surface area is 115 Å². The normalized spacial score (nSPS) is 16.3. The minimum absolute atomic E-state index is 0.867. The molecule has 1 N–H and O–H groups in total. The van der Waals surface area contributed by atoms with E-state index in [-0.39, 0.29) is 0 Å². The number of nitrogens with one attached hydrogen (secondary N) is 1. The third-order valence-corrected chi connectivity index (χ3v) is 4.00. The zero-order valence-corrected chi connectivity index (χ0v) is 12.0. The third kappa shape index (κ3) is 4.27. The Balaban J connectivity index is 1.61. The van der Waals surface area contributed by atoms with Crippen molar-refractivity contribution >= 4 is 11.6 Å². The van der Waals surface area contributed by atoms with E-state index in [0.29, 0.717) is 0 Å². The third-order valence-electron chi connectivity index (χ3n) is 3.59. The van der Waals surface area contributed by atoms with Crippen molar-refractivity contribution in [1.29, 1.82) is 0 Å². The van der Waals surface area contributed by atoms with E-state index in [9.17, 15) is 0 Å². The van der Waals surface area contributed by atoms with E-state index in [1.165, 1.54) is 44.5 Å². The van der Waals surface area contributed by atoms with E-state index in [2.05, 4.69) is 28.4 Å². The maximum Gasteiger partial charge on any atom is 0.0438 e. The molecule has 0 spiro atoms. The molecule has 2 rings (SSSR count). The Hall–Kier alpha value is -0.570. The van der Waals surface area contributed by atoms with Crippen LogP contribution in [0, 0.1) is 6.92 Å². The number of nitrogens with zero attached hydrogens (tertiary/aromatic N) is 1. The number of rotatable bonds is 6. The summed E-state index contributed by atoms with van der Waals surface area (Å²) in [4.78, 5) is 2.56. The zero-order valence-electron chi connectivity index (χ0n) is 11.2. The van der Waals surface area contributed by atoms with Gasteiger partial charge >= 0.3 is 0 Å². The molecule has 0 bridgehead atoms. The van der Waals surface area contributed by atoms with Gasteiger partial charge in [0.25, 0.3) is 0 Å². The number of halogens is 1. The maximum absolute atomic E-state index is 6.11. The molecule has 1 heterocycles. The lowest BCUT2D eigenvalue weighted by Crippen LogP contribution is -2.24. The summed E-state index contributed by atoms with van der Waals surface area (Å²) in [6.07, 6.45) is 4.00. The van der Waals surface area contributed by atoms with E-state index in [0.717, 1.165) is 23.7 Å². The quantitative estimate of drug-likeness (QED) is 0.796. The molecule has 0 atom stereocenters. The van der Waals surface area contributed by atoms with Crippen molar-refractivity contribution < 1.29 is 0 Å². The highest BCUT2D eigenvalue weighted by Crippen LogP contribution is 2.16. The molecule has 18 heavy (non-hydrogen) atoms. The van der Waals surface area contributed by atoms with Crippen LogP contribution in [-0.2, 0) is 6.54 Å². The molecule has 100 valence electrons. The Kier molecular flexibility index (Phi) is 5.48. The van der Waals surface area contributed by atoms with E-state index in [1.807, 2.05) is 6.92 Å². The van der Waals surface area contributed by atoms with Crippen LogP contribution in [0.5, 0.6) is 0 Å². The van der Waals surface area contributed by atoms with Crippen LogP contribution in [0.2, 0.25) is 5.02 Å². The summed E-state index contributed by atoms with van der Waals surface area (Å²) >= 11 is 6.11. The molecule has 0 unspecified atom stereocenters. The minimum atomic E-state index is 0.867. The standard InChI is InChI=1S/C15H23ClN2/c1-13-5-6-14(11-15(13)16)12-17-7-4-10-18-8-2-3-9-18/h5-6,11,17H,2-4,7-10,12H2,1H3. The second-order valence-electron chi connectivity index (χ2n) is 5.16.